The van der Waals surface area contributed by atoms with Gasteiger partial charge in [0.25, 0.3) is 0 Å². The molecule has 152 valence electrons. The number of rotatable bonds is 6. The molecule has 29 heavy (non-hydrogen) atoms. The molecule has 0 aliphatic heterocycles. The van der Waals surface area contributed by atoms with Crippen molar-refractivity contribution in [1.82, 2.24) is 14.9 Å². The topological polar surface area (TPSA) is 64.4 Å². The number of nitrogens with one attached hydrogen (secondary N) is 1. The van der Waals surface area contributed by atoms with E-state index in [0.717, 1.165) is 5.75 Å². The van der Waals surface area contributed by atoms with Crippen LogP contribution in [0.2, 0.25) is 0 Å². The van der Waals surface area contributed by atoms with Gasteiger partial charge < -0.3 is 9.47 Å². The lowest BCUT2D eigenvalue weighted by atomic mass is 9.87. The van der Waals surface area contributed by atoms with Crippen molar-refractivity contribution in [2.75, 3.05) is 7.11 Å². The third-order valence-electron chi connectivity index (χ3n) is 4.30. The second-order valence-corrected chi connectivity index (χ2v) is 7.85. The van der Waals surface area contributed by atoms with Crippen LogP contribution in [0.25, 0.3) is 0 Å². The molecule has 0 aliphatic rings. The van der Waals surface area contributed by atoms with Crippen LogP contribution in [-0.4, -0.2) is 28.2 Å². The van der Waals surface area contributed by atoms with Crippen LogP contribution in [0, 0.1) is 10.6 Å². The molecular weight excluding hydrogens is 391 g/mol. The fraction of sp³-hybridized carbons (Fsp3) is 0.286. The van der Waals surface area contributed by atoms with E-state index in [1.54, 1.807) is 6.07 Å². The van der Waals surface area contributed by atoms with Crippen molar-refractivity contribution in [1.29, 1.82) is 0 Å². The lowest BCUT2D eigenvalue weighted by molar-refractivity contribution is 0.290. The SMILES string of the molecule is COc1ccc(/C=N\n2c(COc3ccc(C(C)(C)C)cc3)n[nH]c2=S)cc1F. The predicted octanol–water partition coefficient (Wildman–Crippen LogP) is 4.85. The molecule has 1 heterocycles. The van der Waals surface area contributed by atoms with Gasteiger partial charge in [0.1, 0.15) is 12.4 Å². The average Bonchev–Trinajstić information content (AvgIpc) is 3.04. The van der Waals surface area contributed by atoms with E-state index in [1.165, 1.54) is 35.7 Å². The van der Waals surface area contributed by atoms with E-state index in [-0.39, 0.29) is 17.8 Å². The molecule has 1 N–H and O–H groups in total. The second kappa shape index (κ2) is 8.57. The molecule has 0 radical (unpaired) electrons. The minimum Gasteiger partial charge on any atom is -0.494 e. The van der Waals surface area contributed by atoms with Crippen molar-refractivity contribution < 1.29 is 13.9 Å². The summed E-state index contributed by atoms with van der Waals surface area (Å²) in [6.07, 6.45) is 1.50. The molecule has 3 aromatic rings. The standard InChI is InChI=1S/C21H23FN4O2S/c1-21(2,3)15-6-8-16(9-7-15)28-13-19-24-25-20(29)26(19)23-12-14-5-10-18(27-4)17(22)11-14/h5-12H,13H2,1-4H3,(H,25,29)/b23-12-. The molecule has 0 spiro atoms. The predicted molar refractivity (Wildman–Crippen MR) is 113 cm³/mol. The summed E-state index contributed by atoms with van der Waals surface area (Å²) >= 11 is 5.22. The van der Waals surface area contributed by atoms with E-state index >= 15 is 0 Å². The zero-order valence-electron chi connectivity index (χ0n) is 16.8. The van der Waals surface area contributed by atoms with Gasteiger partial charge in [0.05, 0.1) is 13.3 Å². The Morgan fingerprint density at radius 1 is 1.21 bits per heavy atom. The lowest BCUT2D eigenvalue weighted by Gasteiger charge is -2.19. The average molecular weight is 415 g/mol. The zero-order chi connectivity index (χ0) is 21.0. The maximum atomic E-state index is 13.8. The maximum Gasteiger partial charge on any atom is 0.216 e. The summed E-state index contributed by atoms with van der Waals surface area (Å²) in [4.78, 5) is 0. The molecule has 2 aromatic carbocycles. The molecule has 0 aliphatic carbocycles. The van der Waals surface area contributed by atoms with Gasteiger partial charge in [-0.05, 0) is 59.1 Å². The van der Waals surface area contributed by atoms with Gasteiger partial charge in [-0.1, -0.05) is 32.9 Å². The van der Waals surface area contributed by atoms with Gasteiger partial charge in [-0.15, -0.1) is 0 Å². The number of nitrogens with zero attached hydrogens (tertiary/aromatic N) is 3. The first-order valence-electron chi connectivity index (χ1n) is 9.05. The van der Waals surface area contributed by atoms with E-state index in [2.05, 4.69) is 36.1 Å². The van der Waals surface area contributed by atoms with Crippen LogP contribution in [0.4, 0.5) is 4.39 Å². The first kappa shape index (κ1) is 20.7. The van der Waals surface area contributed by atoms with E-state index in [4.69, 9.17) is 21.7 Å². The summed E-state index contributed by atoms with van der Waals surface area (Å²) in [5.41, 5.74) is 1.87. The largest absolute Gasteiger partial charge is 0.494 e. The molecule has 3 rings (SSSR count). The first-order valence-corrected chi connectivity index (χ1v) is 9.46. The van der Waals surface area contributed by atoms with Crippen LogP contribution < -0.4 is 9.47 Å². The van der Waals surface area contributed by atoms with Gasteiger partial charge in [-0.2, -0.15) is 14.9 Å². The van der Waals surface area contributed by atoms with Gasteiger partial charge in [-0.3, -0.25) is 0 Å². The molecule has 0 amide bonds. The van der Waals surface area contributed by atoms with Gasteiger partial charge in [0, 0.05) is 0 Å². The number of ether oxygens (including phenoxy) is 2. The fourth-order valence-corrected chi connectivity index (χ4v) is 2.82. The van der Waals surface area contributed by atoms with E-state index in [9.17, 15) is 4.39 Å². The fourth-order valence-electron chi connectivity index (χ4n) is 2.62. The van der Waals surface area contributed by atoms with Crippen molar-refractivity contribution in [2.24, 2.45) is 5.10 Å². The van der Waals surface area contributed by atoms with Crippen LogP contribution >= 0.6 is 12.2 Å². The number of H-pyrrole nitrogens is 1. The highest BCUT2D eigenvalue weighted by atomic mass is 32.1. The Balaban J connectivity index is 1.73. The summed E-state index contributed by atoms with van der Waals surface area (Å²) < 4.78 is 26.3. The maximum absolute atomic E-state index is 13.8. The Kier molecular flexibility index (Phi) is 6.12. The van der Waals surface area contributed by atoms with Gasteiger partial charge in [-0.25, -0.2) is 9.49 Å². The summed E-state index contributed by atoms with van der Waals surface area (Å²) in [7, 11) is 1.42. The van der Waals surface area contributed by atoms with Crippen molar-refractivity contribution >= 4 is 18.4 Å². The molecule has 0 saturated heterocycles. The Labute approximate surface area is 174 Å². The molecule has 0 saturated carbocycles. The molecule has 0 unspecified atom stereocenters. The highest BCUT2D eigenvalue weighted by molar-refractivity contribution is 7.71. The summed E-state index contributed by atoms with van der Waals surface area (Å²) in [6, 6.07) is 12.5. The quantitative estimate of drug-likeness (QED) is 0.463. The van der Waals surface area contributed by atoms with E-state index in [0.29, 0.717) is 16.2 Å². The third-order valence-corrected chi connectivity index (χ3v) is 4.57. The Morgan fingerprint density at radius 2 is 1.93 bits per heavy atom. The number of benzene rings is 2. The highest BCUT2D eigenvalue weighted by Gasteiger charge is 2.13. The number of halogens is 1. The smallest absolute Gasteiger partial charge is 0.216 e. The lowest BCUT2D eigenvalue weighted by Crippen LogP contribution is -2.10. The number of methoxy groups -OCH3 is 1. The third kappa shape index (κ3) is 5.08. The molecule has 6 nitrogen and oxygen atoms in total. The van der Waals surface area contributed by atoms with E-state index in [1.807, 2.05) is 24.3 Å². The van der Waals surface area contributed by atoms with Crippen molar-refractivity contribution in [3.63, 3.8) is 0 Å². The van der Waals surface area contributed by atoms with Gasteiger partial charge in [0.15, 0.2) is 17.4 Å². The highest BCUT2D eigenvalue weighted by Crippen LogP contribution is 2.24. The normalized spacial score (nSPS) is 11.8. The van der Waals surface area contributed by atoms with Gasteiger partial charge >= 0.3 is 0 Å². The zero-order valence-corrected chi connectivity index (χ0v) is 17.6. The van der Waals surface area contributed by atoms with E-state index < -0.39 is 5.82 Å². The minimum atomic E-state index is -0.463. The number of aromatic nitrogens is 3. The molecule has 0 bridgehead atoms. The molecular formula is C21H23FN4O2S. The van der Waals surface area contributed by atoms with Crippen LogP contribution in [0.3, 0.4) is 0 Å². The second-order valence-electron chi connectivity index (χ2n) is 7.46. The van der Waals surface area contributed by atoms with Crippen molar-refractivity contribution in [2.45, 2.75) is 32.8 Å². The summed E-state index contributed by atoms with van der Waals surface area (Å²) in [6.45, 7) is 6.66. The molecule has 0 atom stereocenters. The monoisotopic (exact) mass is 414 g/mol. The van der Waals surface area contributed by atoms with Crippen LogP contribution in [0.5, 0.6) is 11.5 Å². The Bertz CT molecular complexity index is 1070. The molecule has 1 aromatic heterocycles. The number of hydrogen-bond acceptors (Lipinski definition) is 5. The van der Waals surface area contributed by atoms with Crippen LogP contribution in [0.15, 0.2) is 47.6 Å². The number of aromatic amines is 1. The first-order chi connectivity index (χ1) is 13.8. The Morgan fingerprint density at radius 3 is 2.55 bits per heavy atom. The summed E-state index contributed by atoms with van der Waals surface area (Å²) in [5.74, 6) is 0.933. The van der Waals surface area contributed by atoms with Crippen molar-refractivity contribution in [3.05, 3.63) is 70.0 Å². The minimum absolute atomic E-state index is 0.0800. The van der Waals surface area contributed by atoms with Gasteiger partial charge in [0.2, 0.25) is 4.77 Å². The summed E-state index contributed by atoms with van der Waals surface area (Å²) in [5, 5.41) is 11.2. The Hall–Kier alpha value is -3.00. The number of hydrogen-bond donors (Lipinski definition) is 1. The van der Waals surface area contributed by atoms with Crippen LogP contribution in [-0.2, 0) is 12.0 Å². The molecule has 0 fully saturated rings. The van der Waals surface area contributed by atoms with Crippen LogP contribution in [0.1, 0.15) is 37.7 Å². The molecule has 8 heteroatoms. The van der Waals surface area contributed by atoms with Crippen molar-refractivity contribution in [3.8, 4) is 11.5 Å².